The van der Waals surface area contributed by atoms with Crippen molar-refractivity contribution in [3.8, 4) is 11.5 Å². The van der Waals surface area contributed by atoms with Gasteiger partial charge in [-0.2, -0.15) is 4.57 Å². The van der Waals surface area contributed by atoms with E-state index < -0.39 is 0 Å². The first-order valence-corrected chi connectivity index (χ1v) is 6.53. The van der Waals surface area contributed by atoms with Gasteiger partial charge < -0.3 is 24.0 Å². The van der Waals surface area contributed by atoms with Crippen molar-refractivity contribution in [1.82, 2.24) is 9.13 Å². The number of halogens is 1. The van der Waals surface area contributed by atoms with Gasteiger partial charge in [0.25, 0.3) is 0 Å². The molecule has 6 heteroatoms. The van der Waals surface area contributed by atoms with E-state index in [1.165, 1.54) is 9.13 Å². The normalized spacial score (nSPS) is 10.0. The Morgan fingerprint density at radius 2 is 1.59 bits per heavy atom. The lowest BCUT2D eigenvalue weighted by atomic mass is 10.3. The average Bonchev–Trinajstić information content (AvgIpc) is 2.80. The Morgan fingerprint density at radius 1 is 1.00 bits per heavy atom. The van der Waals surface area contributed by atoms with Gasteiger partial charge in [0.2, 0.25) is 0 Å². The zero-order valence-electron chi connectivity index (χ0n) is 11.9. The first kappa shape index (κ1) is 16.2. The van der Waals surface area contributed by atoms with Crippen LogP contribution >= 0.6 is 0 Å². The third kappa shape index (κ3) is 2.61. The Labute approximate surface area is 144 Å². The molecule has 2 heterocycles. The van der Waals surface area contributed by atoms with Gasteiger partial charge in [-0.05, 0) is 24.3 Å². The van der Waals surface area contributed by atoms with E-state index in [0.29, 0.717) is 23.5 Å². The summed E-state index contributed by atoms with van der Waals surface area (Å²) in [5, 5.41) is 0. The highest BCUT2D eigenvalue weighted by atomic mass is 127. The van der Waals surface area contributed by atoms with Crippen LogP contribution in [0.15, 0.2) is 65.7 Å². The summed E-state index contributed by atoms with van der Waals surface area (Å²) in [7, 11) is 1.66. The fraction of sp³-hybridized carbons (Fsp3) is 0.0625. The van der Waals surface area contributed by atoms with Gasteiger partial charge in [-0.1, -0.05) is 24.3 Å². The highest BCUT2D eigenvalue weighted by Gasteiger charge is 2.26. The monoisotopic (exact) mass is 407 g/mol. The van der Waals surface area contributed by atoms with Crippen molar-refractivity contribution in [1.29, 1.82) is 0 Å². The molecule has 0 N–H and O–H groups in total. The highest BCUT2D eigenvalue weighted by molar-refractivity contribution is 5.77. The third-order valence-electron chi connectivity index (χ3n) is 3.35. The molecule has 0 saturated carbocycles. The molecule has 0 fully saturated rings. The van der Waals surface area contributed by atoms with Crippen molar-refractivity contribution >= 4 is 6.29 Å². The minimum Gasteiger partial charge on any atom is -1.00 e. The summed E-state index contributed by atoms with van der Waals surface area (Å²) in [6.45, 7) is 0. The van der Waals surface area contributed by atoms with Gasteiger partial charge in [0, 0.05) is 0 Å². The van der Waals surface area contributed by atoms with Gasteiger partial charge in [0.15, 0.2) is 12.0 Å². The molecule has 0 radical (unpaired) electrons. The van der Waals surface area contributed by atoms with Gasteiger partial charge >= 0.3 is 11.5 Å². The van der Waals surface area contributed by atoms with Gasteiger partial charge in [-0.15, -0.1) is 0 Å². The number of imidazole rings is 1. The van der Waals surface area contributed by atoms with E-state index in [2.05, 4.69) is 0 Å². The molecule has 0 amide bonds. The number of benzene rings is 1. The van der Waals surface area contributed by atoms with E-state index in [4.69, 9.17) is 0 Å². The molecular weight excluding hydrogens is 393 g/mol. The highest BCUT2D eigenvalue weighted by Crippen LogP contribution is 2.11. The van der Waals surface area contributed by atoms with Crippen LogP contribution in [0.1, 0.15) is 10.5 Å². The smallest absolute Gasteiger partial charge is 0.420 e. The van der Waals surface area contributed by atoms with Crippen LogP contribution in [-0.4, -0.2) is 15.4 Å². The van der Waals surface area contributed by atoms with Crippen molar-refractivity contribution in [2.75, 3.05) is 0 Å². The molecular formula is C16H14IN3O2. The molecule has 0 aliphatic rings. The fourth-order valence-electron chi connectivity index (χ4n) is 2.39. The second kappa shape index (κ2) is 6.69. The Balaban J connectivity index is 0.00000176. The van der Waals surface area contributed by atoms with E-state index >= 15 is 0 Å². The summed E-state index contributed by atoms with van der Waals surface area (Å²) in [5.74, 6) is 0.541. The Morgan fingerprint density at radius 3 is 2.18 bits per heavy atom. The molecule has 0 saturated heterocycles. The number of pyridine rings is 1. The largest absolute Gasteiger partial charge is 1.00 e. The van der Waals surface area contributed by atoms with Crippen LogP contribution in [-0.2, 0) is 7.05 Å². The lowest BCUT2D eigenvalue weighted by Crippen LogP contribution is -3.00. The molecule has 0 spiro atoms. The van der Waals surface area contributed by atoms with Crippen molar-refractivity contribution in [2.24, 2.45) is 7.05 Å². The van der Waals surface area contributed by atoms with Crippen LogP contribution < -0.4 is 34.2 Å². The summed E-state index contributed by atoms with van der Waals surface area (Å²) < 4.78 is 4.64. The number of hydrogen-bond donors (Lipinski definition) is 0. The second-order valence-electron chi connectivity index (χ2n) is 4.62. The molecule has 22 heavy (non-hydrogen) atoms. The third-order valence-corrected chi connectivity index (χ3v) is 3.35. The van der Waals surface area contributed by atoms with Crippen LogP contribution in [0.2, 0.25) is 0 Å². The van der Waals surface area contributed by atoms with Gasteiger partial charge in [0.1, 0.15) is 0 Å². The maximum absolute atomic E-state index is 12.5. The van der Waals surface area contributed by atoms with Crippen molar-refractivity contribution in [3.63, 3.8) is 0 Å². The molecule has 2 aromatic heterocycles. The molecule has 0 bridgehead atoms. The number of para-hydroxylation sites is 1. The lowest BCUT2D eigenvalue weighted by molar-refractivity contribution is -0.601. The van der Waals surface area contributed by atoms with E-state index in [0.717, 1.165) is 0 Å². The molecule has 0 unspecified atom stereocenters. The molecule has 112 valence electrons. The standard InChI is InChI=1S/C16H14N3O2.HI/c1-17-15(18-10-6-3-7-11-18)14(12-20)19(16(17)21)13-8-4-2-5-9-13;/h2-12H,1H3;1H/q+1;/p-1. The van der Waals surface area contributed by atoms with Crippen LogP contribution in [0.4, 0.5) is 0 Å². The fourth-order valence-corrected chi connectivity index (χ4v) is 2.39. The average molecular weight is 407 g/mol. The topological polar surface area (TPSA) is 47.9 Å². The van der Waals surface area contributed by atoms with E-state index in [1.807, 2.05) is 36.4 Å². The predicted octanol–water partition coefficient (Wildman–Crippen LogP) is -1.73. The predicted molar refractivity (Wildman–Crippen MR) is 77.9 cm³/mol. The number of hydrogen-bond acceptors (Lipinski definition) is 2. The van der Waals surface area contributed by atoms with E-state index in [9.17, 15) is 9.59 Å². The summed E-state index contributed by atoms with van der Waals surface area (Å²) in [6.07, 6.45) is 4.32. The van der Waals surface area contributed by atoms with Gasteiger partial charge in [0.05, 0.1) is 25.1 Å². The number of aromatic nitrogens is 3. The molecule has 3 rings (SSSR count). The second-order valence-corrected chi connectivity index (χ2v) is 4.62. The SMILES string of the molecule is Cn1c(-[n+]2ccccc2)c(C=O)n(-c2ccccc2)c1=O.[I-]. The Bertz CT molecular complexity index is 839. The van der Waals surface area contributed by atoms with Crippen molar-refractivity contribution in [3.05, 3.63) is 77.1 Å². The summed E-state index contributed by atoms with van der Waals surface area (Å²) in [6, 6.07) is 14.7. The number of nitrogens with zero attached hydrogens (tertiary/aromatic N) is 3. The molecule has 0 aliphatic heterocycles. The van der Waals surface area contributed by atoms with Crippen LogP contribution in [0.5, 0.6) is 0 Å². The first-order valence-electron chi connectivity index (χ1n) is 6.53. The number of carbonyl (C=O) groups excluding carboxylic acids is 1. The van der Waals surface area contributed by atoms with E-state index in [1.54, 1.807) is 36.1 Å². The zero-order chi connectivity index (χ0) is 14.8. The molecule has 5 nitrogen and oxygen atoms in total. The molecule has 0 aliphatic carbocycles. The summed E-state index contributed by atoms with van der Waals surface area (Å²) in [4.78, 5) is 24.1. The quantitative estimate of drug-likeness (QED) is 0.295. The van der Waals surface area contributed by atoms with E-state index in [-0.39, 0.29) is 29.7 Å². The summed E-state index contributed by atoms with van der Waals surface area (Å²) in [5.41, 5.74) is 0.738. The minimum atomic E-state index is -0.255. The zero-order valence-corrected chi connectivity index (χ0v) is 14.0. The molecule has 3 aromatic rings. The number of aldehydes is 1. The Hall–Kier alpha value is -2.22. The van der Waals surface area contributed by atoms with Crippen molar-refractivity contribution < 1.29 is 33.3 Å². The molecule has 0 atom stereocenters. The van der Waals surface area contributed by atoms with Gasteiger partial charge in [-0.25, -0.2) is 13.9 Å². The van der Waals surface area contributed by atoms with Crippen molar-refractivity contribution in [2.45, 2.75) is 0 Å². The number of carbonyl (C=O) groups is 1. The maximum atomic E-state index is 12.5. The van der Waals surface area contributed by atoms with Crippen LogP contribution in [0.3, 0.4) is 0 Å². The Kier molecular flexibility index (Phi) is 4.92. The lowest BCUT2D eigenvalue weighted by Gasteiger charge is -2.01. The van der Waals surface area contributed by atoms with Crippen LogP contribution in [0, 0.1) is 0 Å². The summed E-state index contributed by atoms with van der Waals surface area (Å²) >= 11 is 0. The number of rotatable bonds is 3. The first-order chi connectivity index (χ1) is 10.2. The molecule has 1 aromatic carbocycles. The van der Waals surface area contributed by atoms with Gasteiger partial charge in [-0.3, -0.25) is 4.79 Å². The minimum absolute atomic E-state index is 0. The maximum Gasteiger partial charge on any atom is 0.420 e. The van der Waals surface area contributed by atoms with Crippen LogP contribution in [0.25, 0.3) is 11.5 Å².